The zero-order valence-electron chi connectivity index (χ0n) is 12.3. The van der Waals surface area contributed by atoms with E-state index in [4.69, 9.17) is 10.5 Å². The molecule has 0 aromatic heterocycles. The molecule has 0 fully saturated rings. The van der Waals surface area contributed by atoms with E-state index >= 15 is 0 Å². The average molecular weight is 282 g/mol. The average Bonchev–Trinajstić information content (AvgIpc) is 2.44. The van der Waals surface area contributed by atoms with Crippen LogP contribution < -0.4 is 15.8 Å². The Morgan fingerprint density at radius 2 is 2.05 bits per heavy atom. The molecule has 0 spiro atoms. The molecular weight excluding hydrogens is 259 g/mol. The van der Waals surface area contributed by atoms with Gasteiger partial charge in [-0.1, -0.05) is 19.9 Å². The lowest BCUT2D eigenvalue weighted by Gasteiger charge is -2.19. The van der Waals surface area contributed by atoms with Crippen LogP contribution in [0.15, 0.2) is 18.2 Å². The van der Waals surface area contributed by atoms with Gasteiger partial charge in [-0.3, -0.25) is 4.79 Å². The van der Waals surface area contributed by atoms with E-state index in [1.54, 1.807) is 19.1 Å². The number of hydrogen-bond donors (Lipinski definition) is 2. The Labute approximate surface area is 119 Å². The summed E-state index contributed by atoms with van der Waals surface area (Å²) in [7, 11) is 0. The van der Waals surface area contributed by atoms with E-state index in [-0.39, 0.29) is 18.5 Å². The zero-order valence-corrected chi connectivity index (χ0v) is 12.3. The summed E-state index contributed by atoms with van der Waals surface area (Å²) in [4.78, 5) is 11.9. The first-order valence-electron chi connectivity index (χ1n) is 6.97. The van der Waals surface area contributed by atoms with Crippen LogP contribution in [0.4, 0.5) is 4.39 Å². The van der Waals surface area contributed by atoms with Crippen LogP contribution in [-0.4, -0.2) is 18.1 Å². The van der Waals surface area contributed by atoms with E-state index in [2.05, 4.69) is 5.32 Å². The topological polar surface area (TPSA) is 64.3 Å². The standard InChI is InChI=1S/C15H23FN2O2/c1-4-12(5-2)18-15(19)10(3)20-13-7-6-11(9-17)14(16)8-13/h6-8,10,12H,4-5,9,17H2,1-3H3,(H,18,19). The van der Waals surface area contributed by atoms with Crippen molar-refractivity contribution in [1.29, 1.82) is 0 Å². The predicted octanol–water partition coefficient (Wildman–Crippen LogP) is 2.36. The molecule has 1 amide bonds. The predicted molar refractivity (Wildman–Crippen MR) is 76.9 cm³/mol. The minimum Gasteiger partial charge on any atom is -0.481 e. The highest BCUT2D eigenvalue weighted by atomic mass is 19.1. The van der Waals surface area contributed by atoms with E-state index in [0.29, 0.717) is 11.3 Å². The van der Waals surface area contributed by atoms with Gasteiger partial charge in [-0.15, -0.1) is 0 Å². The molecule has 0 radical (unpaired) electrons. The van der Waals surface area contributed by atoms with Gasteiger partial charge in [-0.25, -0.2) is 4.39 Å². The number of hydrogen-bond acceptors (Lipinski definition) is 3. The normalized spacial score (nSPS) is 12.3. The number of rotatable bonds is 7. The molecule has 4 nitrogen and oxygen atoms in total. The van der Waals surface area contributed by atoms with Crippen molar-refractivity contribution in [3.05, 3.63) is 29.6 Å². The second kappa shape index (κ2) is 7.85. The first kappa shape index (κ1) is 16.4. The molecule has 0 saturated carbocycles. The SMILES string of the molecule is CCC(CC)NC(=O)C(C)Oc1ccc(CN)c(F)c1. The Kier molecular flexibility index (Phi) is 6.45. The van der Waals surface area contributed by atoms with Gasteiger partial charge in [0.15, 0.2) is 6.10 Å². The summed E-state index contributed by atoms with van der Waals surface area (Å²) in [6.45, 7) is 5.81. The number of nitrogens with two attached hydrogens (primary N) is 1. The summed E-state index contributed by atoms with van der Waals surface area (Å²) in [5, 5.41) is 2.90. The third-order valence-corrected chi connectivity index (χ3v) is 3.26. The van der Waals surface area contributed by atoms with Gasteiger partial charge in [0.2, 0.25) is 0 Å². The maximum atomic E-state index is 13.6. The molecular formula is C15H23FN2O2. The molecule has 1 atom stereocenters. The molecule has 0 heterocycles. The van der Waals surface area contributed by atoms with Gasteiger partial charge in [0.05, 0.1) is 0 Å². The second-order valence-corrected chi connectivity index (χ2v) is 4.74. The molecule has 0 bridgehead atoms. The molecule has 1 unspecified atom stereocenters. The lowest BCUT2D eigenvalue weighted by atomic mass is 10.1. The zero-order chi connectivity index (χ0) is 15.1. The van der Waals surface area contributed by atoms with Crippen molar-refractivity contribution in [2.24, 2.45) is 5.73 Å². The van der Waals surface area contributed by atoms with Crippen LogP contribution in [0.25, 0.3) is 0 Å². The second-order valence-electron chi connectivity index (χ2n) is 4.74. The molecule has 5 heteroatoms. The number of nitrogens with one attached hydrogen (secondary N) is 1. The third kappa shape index (κ3) is 4.49. The Morgan fingerprint density at radius 3 is 2.55 bits per heavy atom. The van der Waals surface area contributed by atoms with Crippen LogP contribution in [0.1, 0.15) is 39.2 Å². The smallest absolute Gasteiger partial charge is 0.260 e. The number of carbonyl (C=O) groups is 1. The molecule has 1 rings (SSSR count). The minimum absolute atomic E-state index is 0.136. The number of carbonyl (C=O) groups excluding carboxylic acids is 1. The Morgan fingerprint density at radius 1 is 1.40 bits per heavy atom. The Balaban J connectivity index is 2.63. The molecule has 20 heavy (non-hydrogen) atoms. The molecule has 0 aliphatic rings. The van der Waals surface area contributed by atoms with Crippen molar-refractivity contribution < 1.29 is 13.9 Å². The van der Waals surface area contributed by atoms with Crippen LogP contribution in [0.2, 0.25) is 0 Å². The maximum Gasteiger partial charge on any atom is 0.260 e. The quantitative estimate of drug-likeness (QED) is 0.807. The van der Waals surface area contributed by atoms with Crippen molar-refractivity contribution in [2.45, 2.75) is 52.3 Å². The first-order chi connectivity index (χ1) is 9.51. The van der Waals surface area contributed by atoms with E-state index in [0.717, 1.165) is 12.8 Å². The molecule has 1 aromatic carbocycles. The van der Waals surface area contributed by atoms with Gasteiger partial charge in [0.25, 0.3) is 5.91 Å². The van der Waals surface area contributed by atoms with Gasteiger partial charge >= 0.3 is 0 Å². The largest absolute Gasteiger partial charge is 0.481 e. The fourth-order valence-electron chi connectivity index (χ4n) is 1.84. The van der Waals surface area contributed by atoms with Crippen molar-refractivity contribution in [1.82, 2.24) is 5.32 Å². The van der Waals surface area contributed by atoms with Gasteiger partial charge in [0.1, 0.15) is 11.6 Å². The van der Waals surface area contributed by atoms with E-state index in [1.165, 1.54) is 6.07 Å². The third-order valence-electron chi connectivity index (χ3n) is 3.26. The van der Waals surface area contributed by atoms with E-state index in [9.17, 15) is 9.18 Å². The van der Waals surface area contributed by atoms with Crippen LogP contribution in [0, 0.1) is 5.82 Å². The van der Waals surface area contributed by atoms with Crippen LogP contribution in [0.5, 0.6) is 5.75 Å². The van der Waals surface area contributed by atoms with Crippen LogP contribution >= 0.6 is 0 Å². The molecule has 1 aromatic rings. The molecule has 0 saturated heterocycles. The van der Waals surface area contributed by atoms with Gasteiger partial charge in [0, 0.05) is 24.2 Å². The van der Waals surface area contributed by atoms with Crippen molar-refractivity contribution in [2.75, 3.05) is 0 Å². The summed E-state index contributed by atoms with van der Waals surface area (Å²) < 4.78 is 19.0. The van der Waals surface area contributed by atoms with E-state index in [1.807, 2.05) is 13.8 Å². The number of halogens is 1. The molecule has 0 aliphatic carbocycles. The van der Waals surface area contributed by atoms with Crippen LogP contribution in [-0.2, 0) is 11.3 Å². The van der Waals surface area contributed by atoms with Crippen molar-refractivity contribution in [3.8, 4) is 5.75 Å². The van der Waals surface area contributed by atoms with Crippen molar-refractivity contribution in [3.63, 3.8) is 0 Å². The Hall–Kier alpha value is -1.62. The fraction of sp³-hybridized carbons (Fsp3) is 0.533. The number of amides is 1. The molecule has 112 valence electrons. The lowest BCUT2D eigenvalue weighted by Crippen LogP contribution is -2.42. The molecule has 0 aliphatic heterocycles. The monoisotopic (exact) mass is 282 g/mol. The van der Waals surface area contributed by atoms with E-state index < -0.39 is 11.9 Å². The first-order valence-corrected chi connectivity index (χ1v) is 6.97. The summed E-state index contributed by atoms with van der Waals surface area (Å²) in [5.74, 6) is -0.286. The highest BCUT2D eigenvalue weighted by molar-refractivity contribution is 5.81. The fourth-order valence-corrected chi connectivity index (χ4v) is 1.84. The van der Waals surface area contributed by atoms with Gasteiger partial charge in [-0.05, 0) is 25.8 Å². The van der Waals surface area contributed by atoms with Gasteiger partial charge < -0.3 is 15.8 Å². The minimum atomic E-state index is -0.668. The number of benzene rings is 1. The summed E-state index contributed by atoms with van der Waals surface area (Å²) >= 11 is 0. The summed E-state index contributed by atoms with van der Waals surface area (Å²) in [5.41, 5.74) is 5.81. The van der Waals surface area contributed by atoms with Crippen LogP contribution in [0.3, 0.4) is 0 Å². The maximum absolute atomic E-state index is 13.6. The van der Waals surface area contributed by atoms with Gasteiger partial charge in [-0.2, -0.15) is 0 Å². The highest BCUT2D eigenvalue weighted by Crippen LogP contribution is 2.17. The summed E-state index contributed by atoms with van der Waals surface area (Å²) in [6.07, 6.45) is 1.07. The Bertz CT molecular complexity index is 447. The number of ether oxygens (including phenoxy) is 1. The lowest BCUT2D eigenvalue weighted by molar-refractivity contribution is -0.128. The summed E-state index contributed by atoms with van der Waals surface area (Å²) in [6, 6.07) is 4.58. The highest BCUT2D eigenvalue weighted by Gasteiger charge is 2.17. The van der Waals surface area contributed by atoms with Crippen molar-refractivity contribution >= 4 is 5.91 Å². The molecule has 3 N–H and O–H groups in total.